The number of hydrogen-bond donors (Lipinski definition) is 1. The Labute approximate surface area is 133 Å². The molecule has 6 heteroatoms. The summed E-state index contributed by atoms with van der Waals surface area (Å²) < 4.78 is 15.8. The van der Waals surface area contributed by atoms with E-state index in [1.54, 1.807) is 25.3 Å². The summed E-state index contributed by atoms with van der Waals surface area (Å²) >= 11 is 0. The summed E-state index contributed by atoms with van der Waals surface area (Å²) in [5.74, 6) is 0.462. The van der Waals surface area contributed by atoms with Crippen LogP contribution >= 0.6 is 0 Å². The van der Waals surface area contributed by atoms with E-state index in [-0.39, 0.29) is 18.4 Å². The van der Waals surface area contributed by atoms with Crippen molar-refractivity contribution in [3.05, 3.63) is 40.2 Å². The monoisotopic (exact) mass is 317 g/mol. The Balaban J connectivity index is 1.76. The van der Waals surface area contributed by atoms with E-state index < -0.39 is 5.63 Å². The third kappa shape index (κ3) is 3.71. The van der Waals surface area contributed by atoms with Crippen LogP contribution in [0.5, 0.6) is 5.75 Å². The summed E-state index contributed by atoms with van der Waals surface area (Å²) in [5.41, 5.74) is 0.579. The van der Waals surface area contributed by atoms with Crippen molar-refractivity contribution in [2.24, 2.45) is 0 Å². The van der Waals surface area contributed by atoms with Crippen LogP contribution in [0.15, 0.2) is 33.5 Å². The maximum absolute atomic E-state index is 12.1. The van der Waals surface area contributed by atoms with Crippen molar-refractivity contribution >= 4 is 16.9 Å². The topological polar surface area (TPSA) is 77.8 Å². The minimum atomic E-state index is -0.479. The number of carbonyl (C=O) groups excluding carboxylic acids is 1. The zero-order valence-corrected chi connectivity index (χ0v) is 13.0. The highest BCUT2D eigenvalue weighted by atomic mass is 16.5. The highest BCUT2D eigenvalue weighted by Gasteiger charge is 2.17. The highest BCUT2D eigenvalue weighted by Crippen LogP contribution is 2.22. The maximum atomic E-state index is 12.1. The largest absolute Gasteiger partial charge is 0.497 e. The molecule has 23 heavy (non-hydrogen) atoms. The average molecular weight is 317 g/mol. The predicted octanol–water partition coefficient (Wildman–Crippen LogP) is 1.64. The lowest BCUT2D eigenvalue weighted by Crippen LogP contribution is -2.32. The first kappa shape index (κ1) is 15.6. The molecule has 1 saturated heterocycles. The molecule has 1 aromatic carbocycles. The summed E-state index contributed by atoms with van der Waals surface area (Å²) in [6.07, 6.45) is 2.23. The summed E-state index contributed by atoms with van der Waals surface area (Å²) in [4.78, 5) is 23.8. The Hall–Kier alpha value is -2.34. The van der Waals surface area contributed by atoms with Crippen molar-refractivity contribution in [3.63, 3.8) is 0 Å². The van der Waals surface area contributed by atoms with Crippen LogP contribution in [-0.4, -0.2) is 32.3 Å². The Morgan fingerprint density at radius 1 is 1.39 bits per heavy atom. The first-order valence-electron chi connectivity index (χ1n) is 7.65. The molecule has 0 radical (unpaired) electrons. The van der Waals surface area contributed by atoms with E-state index in [4.69, 9.17) is 13.9 Å². The number of ether oxygens (including phenoxy) is 2. The van der Waals surface area contributed by atoms with Gasteiger partial charge in [-0.25, -0.2) is 4.79 Å². The van der Waals surface area contributed by atoms with Gasteiger partial charge in [0.2, 0.25) is 5.91 Å². The number of methoxy groups -OCH3 is 1. The van der Waals surface area contributed by atoms with E-state index in [9.17, 15) is 9.59 Å². The van der Waals surface area contributed by atoms with E-state index in [1.807, 2.05) is 0 Å². The minimum Gasteiger partial charge on any atom is -0.497 e. The maximum Gasteiger partial charge on any atom is 0.336 e. The lowest BCUT2D eigenvalue weighted by molar-refractivity contribution is -0.120. The number of rotatable bonds is 5. The predicted molar refractivity (Wildman–Crippen MR) is 84.7 cm³/mol. The molecule has 1 atom stereocenters. The Morgan fingerprint density at radius 2 is 2.26 bits per heavy atom. The molecule has 2 aromatic rings. The molecule has 122 valence electrons. The van der Waals surface area contributed by atoms with Gasteiger partial charge in [0.15, 0.2) is 0 Å². The fraction of sp³-hybridized carbons (Fsp3) is 0.412. The molecule has 0 bridgehead atoms. The van der Waals surface area contributed by atoms with Gasteiger partial charge >= 0.3 is 5.63 Å². The van der Waals surface area contributed by atoms with Crippen LogP contribution < -0.4 is 15.7 Å². The van der Waals surface area contributed by atoms with Gasteiger partial charge in [0.05, 0.1) is 19.6 Å². The molecule has 1 aliphatic rings. The zero-order chi connectivity index (χ0) is 16.2. The number of benzene rings is 1. The van der Waals surface area contributed by atoms with Crippen LogP contribution in [0.2, 0.25) is 0 Å². The lowest BCUT2D eigenvalue weighted by Gasteiger charge is -2.11. The van der Waals surface area contributed by atoms with E-state index in [0.29, 0.717) is 23.4 Å². The highest BCUT2D eigenvalue weighted by molar-refractivity contribution is 5.87. The van der Waals surface area contributed by atoms with Crippen LogP contribution in [0, 0.1) is 0 Å². The molecular weight excluding hydrogens is 298 g/mol. The Kier molecular flexibility index (Phi) is 4.62. The number of amides is 1. The normalized spacial score (nSPS) is 17.3. The van der Waals surface area contributed by atoms with Crippen LogP contribution in [0.1, 0.15) is 18.4 Å². The smallest absolute Gasteiger partial charge is 0.336 e. The van der Waals surface area contributed by atoms with E-state index >= 15 is 0 Å². The van der Waals surface area contributed by atoms with Crippen molar-refractivity contribution < 1.29 is 18.7 Å². The molecule has 1 fully saturated rings. The molecular formula is C17H19NO5. The van der Waals surface area contributed by atoms with Crippen LogP contribution in [0.25, 0.3) is 11.0 Å². The second-order valence-electron chi connectivity index (χ2n) is 5.57. The number of nitrogens with one attached hydrogen (secondary N) is 1. The van der Waals surface area contributed by atoms with Gasteiger partial charge in [-0.1, -0.05) is 0 Å². The quantitative estimate of drug-likeness (QED) is 0.848. The molecule has 6 nitrogen and oxygen atoms in total. The van der Waals surface area contributed by atoms with E-state index in [2.05, 4.69) is 5.32 Å². The summed E-state index contributed by atoms with van der Waals surface area (Å²) in [7, 11) is 1.54. The third-order valence-electron chi connectivity index (χ3n) is 3.94. The number of hydrogen-bond acceptors (Lipinski definition) is 5. The van der Waals surface area contributed by atoms with Crippen LogP contribution in [-0.2, 0) is 16.0 Å². The first-order chi connectivity index (χ1) is 11.2. The molecule has 0 aliphatic carbocycles. The SMILES string of the molecule is COc1ccc2c(CC(=O)NCC3CCCO3)cc(=O)oc2c1. The fourth-order valence-corrected chi connectivity index (χ4v) is 2.75. The van der Waals surface area contributed by atoms with Crippen molar-refractivity contribution in [3.8, 4) is 5.75 Å². The van der Waals surface area contributed by atoms with Gasteiger partial charge in [0.1, 0.15) is 11.3 Å². The van der Waals surface area contributed by atoms with Gasteiger partial charge in [-0.2, -0.15) is 0 Å². The van der Waals surface area contributed by atoms with Gasteiger partial charge in [-0.3, -0.25) is 4.79 Å². The molecule has 0 saturated carbocycles. The zero-order valence-electron chi connectivity index (χ0n) is 13.0. The summed E-state index contributed by atoms with van der Waals surface area (Å²) in [5, 5.41) is 3.59. The second kappa shape index (κ2) is 6.83. The second-order valence-corrected chi connectivity index (χ2v) is 5.57. The molecule has 1 amide bonds. The Morgan fingerprint density at radius 3 is 3.00 bits per heavy atom. The molecule has 3 rings (SSSR count). The number of fused-ring (bicyclic) bond motifs is 1. The lowest BCUT2D eigenvalue weighted by atomic mass is 10.1. The van der Waals surface area contributed by atoms with Crippen molar-refractivity contribution in [1.82, 2.24) is 5.32 Å². The number of carbonyl (C=O) groups is 1. The average Bonchev–Trinajstić information content (AvgIpc) is 3.05. The van der Waals surface area contributed by atoms with Gasteiger partial charge in [0.25, 0.3) is 0 Å². The minimum absolute atomic E-state index is 0.0980. The van der Waals surface area contributed by atoms with Gasteiger partial charge in [0, 0.05) is 30.7 Å². The first-order valence-corrected chi connectivity index (χ1v) is 7.65. The van der Waals surface area contributed by atoms with Crippen LogP contribution in [0.3, 0.4) is 0 Å². The standard InChI is InChI=1S/C17H19NO5/c1-21-12-4-5-14-11(8-17(20)23-15(14)9-12)7-16(19)18-10-13-3-2-6-22-13/h4-5,8-9,13H,2-3,6-7,10H2,1H3,(H,18,19). The fourth-order valence-electron chi connectivity index (χ4n) is 2.75. The molecule has 0 spiro atoms. The van der Waals surface area contributed by atoms with Crippen LogP contribution in [0.4, 0.5) is 0 Å². The van der Waals surface area contributed by atoms with Crippen molar-refractivity contribution in [2.45, 2.75) is 25.4 Å². The third-order valence-corrected chi connectivity index (χ3v) is 3.94. The molecule has 1 unspecified atom stereocenters. The summed E-state index contributed by atoms with van der Waals surface area (Å²) in [6, 6.07) is 6.57. The van der Waals surface area contributed by atoms with Crippen molar-refractivity contribution in [1.29, 1.82) is 0 Å². The molecule has 2 heterocycles. The molecule has 1 N–H and O–H groups in total. The van der Waals surface area contributed by atoms with E-state index in [1.165, 1.54) is 6.07 Å². The van der Waals surface area contributed by atoms with Crippen molar-refractivity contribution in [2.75, 3.05) is 20.3 Å². The van der Waals surface area contributed by atoms with Gasteiger partial charge in [-0.05, 0) is 30.5 Å². The molecule has 1 aliphatic heterocycles. The summed E-state index contributed by atoms with van der Waals surface area (Å²) in [6.45, 7) is 1.26. The van der Waals surface area contributed by atoms with E-state index in [0.717, 1.165) is 24.8 Å². The Bertz CT molecular complexity index is 761. The molecule has 1 aromatic heterocycles. The van der Waals surface area contributed by atoms with Gasteiger partial charge < -0.3 is 19.2 Å². The van der Waals surface area contributed by atoms with Gasteiger partial charge in [-0.15, -0.1) is 0 Å².